The SMILES string of the molecule is CCOCCCN1CC2(CCCCC2)NCC1CC(C)C. The van der Waals surface area contributed by atoms with Crippen molar-refractivity contribution in [2.45, 2.75) is 77.3 Å². The molecule has 1 aliphatic carbocycles. The molecular formula is C18H36N2O. The number of ether oxygens (including phenoxy) is 1. The van der Waals surface area contributed by atoms with Crippen LogP contribution in [-0.2, 0) is 4.74 Å². The highest BCUT2D eigenvalue weighted by atomic mass is 16.5. The molecule has 2 fully saturated rings. The van der Waals surface area contributed by atoms with E-state index in [0.29, 0.717) is 5.54 Å². The third kappa shape index (κ3) is 5.22. The fraction of sp³-hybridized carbons (Fsp3) is 1.00. The summed E-state index contributed by atoms with van der Waals surface area (Å²) in [6.45, 7) is 12.2. The molecule has 1 atom stereocenters. The maximum atomic E-state index is 5.54. The molecule has 1 aliphatic heterocycles. The van der Waals surface area contributed by atoms with Crippen molar-refractivity contribution in [3.8, 4) is 0 Å². The number of hydrogen-bond donors (Lipinski definition) is 1. The molecule has 3 heteroatoms. The van der Waals surface area contributed by atoms with Gasteiger partial charge in [-0.15, -0.1) is 0 Å². The van der Waals surface area contributed by atoms with Crippen molar-refractivity contribution < 1.29 is 4.74 Å². The topological polar surface area (TPSA) is 24.5 Å². The average molecular weight is 296 g/mol. The van der Waals surface area contributed by atoms with Gasteiger partial charge in [0.2, 0.25) is 0 Å². The molecule has 0 aromatic heterocycles. The highest BCUT2D eigenvalue weighted by Gasteiger charge is 2.39. The molecule has 1 saturated carbocycles. The van der Waals surface area contributed by atoms with E-state index in [1.165, 1.54) is 64.6 Å². The number of piperazine rings is 1. The van der Waals surface area contributed by atoms with E-state index in [9.17, 15) is 0 Å². The minimum atomic E-state index is 0.428. The predicted octanol–water partition coefficient (Wildman–Crippen LogP) is 3.44. The van der Waals surface area contributed by atoms with Gasteiger partial charge >= 0.3 is 0 Å². The highest BCUT2D eigenvalue weighted by molar-refractivity contribution is 4.99. The van der Waals surface area contributed by atoms with Crippen LogP contribution in [0.2, 0.25) is 0 Å². The number of rotatable bonds is 7. The zero-order valence-corrected chi connectivity index (χ0v) is 14.5. The van der Waals surface area contributed by atoms with Crippen molar-refractivity contribution in [2.75, 3.05) is 32.8 Å². The van der Waals surface area contributed by atoms with Crippen LogP contribution < -0.4 is 5.32 Å². The predicted molar refractivity (Wildman–Crippen MR) is 89.7 cm³/mol. The Morgan fingerprint density at radius 2 is 2.00 bits per heavy atom. The van der Waals surface area contributed by atoms with E-state index >= 15 is 0 Å². The largest absolute Gasteiger partial charge is 0.382 e. The molecule has 3 nitrogen and oxygen atoms in total. The van der Waals surface area contributed by atoms with Gasteiger partial charge in [0.1, 0.15) is 0 Å². The second-order valence-electron chi connectivity index (χ2n) is 7.53. The summed E-state index contributed by atoms with van der Waals surface area (Å²) in [5.74, 6) is 0.784. The molecule has 2 rings (SSSR count). The molecule has 1 N–H and O–H groups in total. The Kier molecular flexibility index (Phi) is 6.97. The van der Waals surface area contributed by atoms with Crippen LogP contribution in [0, 0.1) is 5.92 Å². The summed E-state index contributed by atoms with van der Waals surface area (Å²) in [5, 5.41) is 3.95. The van der Waals surface area contributed by atoms with Crippen molar-refractivity contribution in [1.29, 1.82) is 0 Å². The van der Waals surface area contributed by atoms with E-state index in [0.717, 1.165) is 25.2 Å². The molecule has 0 bridgehead atoms. The quantitative estimate of drug-likeness (QED) is 0.728. The third-order valence-electron chi connectivity index (χ3n) is 5.23. The summed E-state index contributed by atoms with van der Waals surface area (Å²) >= 11 is 0. The van der Waals surface area contributed by atoms with Gasteiger partial charge in [0.15, 0.2) is 0 Å². The Hall–Kier alpha value is -0.120. The van der Waals surface area contributed by atoms with Crippen LogP contribution in [0.15, 0.2) is 0 Å². The summed E-state index contributed by atoms with van der Waals surface area (Å²) in [6, 6.07) is 0.721. The lowest BCUT2D eigenvalue weighted by Gasteiger charge is -2.50. The zero-order chi connectivity index (χ0) is 15.1. The molecule has 0 radical (unpaired) electrons. The molecule has 124 valence electrons. The summed E-state index contributed by atoms with van der Waals surface area (Å²) in [4.78, 5) is 2.78. The van der Waals surface area contributed by atoms with Crippen LogP contribution in [0.5, 0.6) is 0 Å². The Morgan fingerprint density at radius 3 is 2.67 bits per heavy atom. The average Bonchev–Trinajstić information content (AvgIpc) is 2.47. The van der Waals surface area contributed by atoms with Gasteiger partial charge in [0.25, 0.3) is 0 Å². The van der Waals surface area contributed by atoms with Crippen molar-refractivity contribution in [3.63, 3.8) is 0 Å². The van der Waals surface area contributed by atoms with Gasteiger partial charge in [-0.25, -0.2) is 0 Å². The lowest BCUT2D eigenvalue weighted by Crippen LogP contribution is -2.65. The fourth-order valence-corrected chi connectivity index (χ4v) is 4.15. The van der Waals surface area contributed by atoms with Crippen molar-refractivity contribution >= 4 is 0 Å². The van der Waals surface area contributed by atoms with Gasteiger partial charge in [-0.1, -0.05) is 33.1 Å². The highest BCUT2D eigenvalue weighted by Crippen LogP contribution is 2.32. The Morgan fingerprint density at radius 1 is 1.24 bits per heavy atom. The van der Waals surface area contributed by atoms with Gasteiger partial charge < -0.3 is 10.1 Å². The van der Waals surface area contributed by atoms with E-state index < -0.39 is 0 Å². The van der Waals surface area contributed by atoms with Crippen molar-refractivity contribution in [1.82, 2.24) is 10.2 Å². The standard InChI is InChI=1S/C18H36N2O/c1-4-21-12-8-11-20-15-18(9-6-5-7-10-18)19-14-17(20)13-16(2)3/h16-17,19H,4-15H2,1-3H3. The minimum absolute atomic E-state index is 0.428. The first-order valence-electron chi connectivity index (χ1n) is 9.22. The third-order valence-corrected chi connectivity index (χ3v) is 5.23. The summed E-state index contributed by atoms with van der Waals surface area (Å²) in [6.07, 6.45) is 9.51. The number of hydrogen-bond acceptors (Lipinski definition) is 3. The summed E-state index contributed by atoms with van der Waals surface area (Å²) in [7, 11) is 0. The molecule has 0 amide bonds. The van der Waals surface area contributed by atoms with Crippen LogP contribution in [-0.4, -0.2) is 49.3 Å². The lowest BCUT2D eigenvalue weighted by molar-refractivity contribution is 0.0383. The van der Waals surface area contributed by atoms with Gasteiger partial charge in [-0.3, -0.25) is 4.90 Å². The van der Waals surface area contributed by atoms with E-state index in [4.69, 9.17) is 4.74 Å². The van der Waals surface area contributed by atoms with Crippen LogP contribution in [0.1, 0.15) is 65.7 Å². The Balaban J connectivity index is 1.90. The maximum absolute atomic E-state index is 5.54. The molecule has 1 heterocycles. The zero-order valence-electron chi connectivity index (χ0n) is 14.5. The molecule has 1 unspecified atom stereocenters. The fourth-order valence-electron chi connectivity index (χ4n) is 4.15. The van der Waals surface area contributed by atoms with Crippen LogP contribution >= 0.6 is 0 Å². The Labute approximate surface area is 131 Å². The monoisotopic (exact) mass is 296 g/mol. The van der Waals surface area contributed by atoms with Gasteiger partial charge in [-0.05, 0) is 38.5 Å². The minimum Gasteiger partial charge on any atom is -0.382 e. The van der Waals surface area contributed by atoms with Gasteiger partial charge in [-0.2, -0.15) is 0 Å². The molecule has 0 aromatic carbocycles. The molecular weight excluding hydrogens is 260 g/mol. The molecule has 0 aromatic rings. The first-order chi connectivity index (χ1) is 10.2. The second kappa shape index (κ2) is 8.50. The van der Waals surface area contributed by atoms with Crippen LogP contribution in [0.4, 0.5) is 0 Å². The molecule has 21 heavy (non-hydrogen) atoms. The van der Waals surface area contributed by atoms with E-state index in [2.05, 4.69) is 31.0 Å². The van der Waals surface area contributed by atoms with E-state index in [1.807, 2.05) is 0 Å². The van der Waals surface area contributed by atoms with Crippen molar-refractivity contribution in [3.05, 3.63) is 0 Å². The van der Waals surface area contributed by atoms with Crippen LogP contribution in [0.25, 0.3) is 0 Å². The van der Waals surface area contributed by atoms with Crippen molar-refractivity contribution in [2.24, 2.45) is 5.92 Å². The number of nitrogens with one attached hydrogen (secondary N) is 1. The summed E-state index contributed by atoms with van der Waals surface area (Å²) < 4.78 is 5.54. The maximum Gasteiger partial charge on any atom is 0.0478 e. The molecule has 1 spiro atoms. The van der Waals surface area contributed by atoms with E-state index in [-0.39, 0.29) is 0 Å². The first-order valence-corrected chi connectivity index (χ1v) is 9.22. The normalized spacial score (nSPS) is 26.6. The molecule has 2 aliphatic rings. The van der Waals surface area contributed by atoms with Gasteiger partial charge in [0, 0.05) is 44.4 Å². The second-order valence-corrected chi connectivity index (χ2v) is 7.53. The molecule has 1 saturated heterocycles. The van der Waals surface area contributed by atoms with Crippen LogP contribution in [0.3, 0.4) is 0 Å². The van der Waals surface area contributed by atoms with Gasteiger partial charge in [0.05, 0.1) is 0 Å². The number of nitrogens with zero attached hydrogens (tertiary/aromatic N) is 1. The lowest BCUT2D eigenvalue weighted by atomic mass is 9.79. The smallest absolute Gasteiger partial charge is 0.0478 e. The first kappa shape index (κ1) is 17.2. The van der Waals surface area contributed by atoms with E-state index in [1.54, 1.807) is 0 Å². The summed E-state index contributed by atoms with van der Waals surface area (Å²) in [5.41, 5.74) is 0.428. The Bertz CT molecular complexity index is 287.